The third-order valence-corrected chi connectivity index (χ3v) is 5.34. The largest absolute Gasteiger partial charge is 0.494 e. The van der Waals surface area contributed by atoms with Crippen molar-refractivity contribution in [2.24, 2.45) is 0 Å². The monoisotopic (exact) mass is 510 g/mol. The van der Waals surface area contributed by atoms with E-state index in [0.29, 0.717) is 46.0 Å². The number of carboxylic acid groups (broad SMARTS) is 1. The number of unbranched alkanes of at least 4 members (excludes halogenated alkanes) is 3. The van der Waals surface area contributed by atoms with Gasteiger partial charge < -0.3 is 29.4 Å². The minimum atomic E-state index is -1.06. The van der Waals surface area contributed by atoms with Crippen LogP contribution in [0.1, 0.15) is 65.2 Å². The summed E-state index contributed by atoms with van der Waals surface area (Å²) in [5, 5.41) is 15.2. The molecule has 1 aliphatic rings. The fourth-order valence-corrected chi connectivity index (χ4v) is 3.40. The molecule has 0 heterocycles. The Morgan fingerprint density at radius 1 is 1.08 bits per heavy atom. The summed E-state index contributed by atoms with van der Waals surface area (Å²) >= 11 is 0. The SMILES string of the molecule is C=C(C)COCCOCCNCOC(C)CC(NC(=O)CCCCCCOC1=CCCC=C1)C(=O)O. The van der Waals surface area contributed by atoms with E-state index in [9.17, 15) is 14.7 Å². The van der Waals surface area contributed by atoms with E-state index in [0.717, 1.165) is 49.9 Å². The summed E-state index contributed by atoms with van der Waals surface area (Å²) in [6, 6.07) is -0.972. The number of ether oxygens (including phenoxy) is 4. The first-order chi connectivity index (χ1) is 17.4. The minimum Gasteiger partial charge on any atom is -0.494 e. The van der Waals surface area contributed by atoms with Crippen LogP contribution >= 0.6 is 0 Å². The van der Waals surface area contributed by atoms with Crippen LogP contribution in [0.15, 0.2) is 36.1 Å². The van der Waals surface area contributed by atoms with Gasteiger partial charge in [0.2, 0.25) is 5.91 Å². The number of allylic oxidation sites excluding steroid dienone is 3. The number of amides is 1. The average Bonchev–Trinajstić information content (AvgIpc) is 2.84. The van der Waals surface area contributed by atoms with Gasteiger partial charge in [-0.25, -0.2) is 4.79 Å². The van der Waals surface area contributed by atoms with Crippen LogP contribution in [-0.4, -0.2) is 75.4 Å². The Hall–Kier alpha value is -2.20. The van der Waals surface area contributed by atoms with Crippen molar-refractivity contribution in [1.29, 1.82) is 0 Å². The van der Waals surface area contributed by atoms with E-state index < -0.39 is 12.0 Å². The molecule has 36 heavy (non-hydrogen) atoms. The first-order valence-electron chi connectivity index (χ1n) is 13.0. The molecule has 1 aliphatic carbocycles. The molecule has 206 valence electrons. The van der Waals surface area contributed by atoms with Crippen LogP contribution in [0.3, 0.4) is 0 Å². The van der Waals surface area contributed by atoms with E-state index >= 15 is 0 Å². The van der Waals surface area contributed by atoms with Gasteiger partial charge in [-0.2, -0.15) is 0 Å². The highest BCUT2D eigenvalue weighted by molar-refractivity contribution is 5.83. The molecular weight excluding hydrogens is 464 g/mol. The summed E-state index contributed by atoms with van der Waals surface area (Å²) in [7, 11) is 0. The number of carbonyl (C=O) groups excluding carboxylic acids is 1. The Kier molecular flexibility index (Phi) is 18.5. The van der Waals surface area contributed by atoms with Crippen LogP contribution in [-0.2, 0) is 28.5 Å². The lowest BCUT2D eigenvalue weighted by atomic mass is 10.1. The maximum atomic E-state index is 12.2. The molecule has 0 aromatic rings. The normalized spacial score (nSPS) is 14.7. The van der Waals surface area contributed by atoms with Crippen molar-refractivity contribution >= 4 is 11.9 Å². The number of nitrogens with one attached hydrogen (secondary N) is 2. The fourth-order valence-electron chi connectivity index (χ4n) is 3.40. The van der Waals surface area contributed by atoms with E-state index in [2.05, 4.69) is 29.4 Å². The predicted octanol–water partition coefficient (Wildman–Crippen LogP) is 3.71. The average molecular weight is 511 g/mol. The number of aliphatic carboxylic acids is 1. The molecule has 0 bridgehead atoms. The number of hydrogen-bond donors (Lipinski definition) is 3. The van der Waals surface area contributed by atoms with Gasteiger partial charge in [0.25, 0.3) is 0 Å². The van der Waals surface area contributed by atoms with Crippen molar-refractivity contribution in [3.63, 3.8) is 0 Å². The highest BCUT2D eigenvalue weighted by Crippen LogP contribution is 2.12. The molecule has 2 atom stereocenters. The van der Waals surface area contributed by atoms with Crippen molar-refractivity contribution < 1.29 is 33.6 Å². The molecule has 9 heteroatoms. The van der Waals surface area contributed by atoms with Gasteiger partial charge in [-0.15, -0.1) is 0 Å². The standard InChI is InChI=1S/C27H46N2O7/c1-22(2)20-34-18-17-33-16-14-28-21-36-23(3)19-25(27(31)32)29-26(30)13-9-4-5-10-15-35-24-11-7-6-8-12-24/h7,11-12,23,25,28H,1,4-6,8-10,13-21H2,2-3H3,(H,29,30)(H,31,32). The summed E-state index contributed by atoms with van der Waals surface area (Å²) in [4.78, 5) is 23.8. The lowest BCUT2D eigenvalue weighted by Gasteiger charge is -2.19. The molecule has 1 amide bonds. The van der Waals surface area contributed by atoms with Crippen molar-refractivity contribution in [2.75, 3.05) is 46.3 Å². The number of carbonyl (C=O) groups is 2. The van der Waals surface area contributed by atoms with Crippen LogP contribution in [0.4, 0.5) is 0 Å². The van der Waals surface area contributed by atoms with E-state index in [1.165, 1.54) is 0 Å². The van der Waals surface area contributed by atoms with Gasteiger partial charge in [0, 0.05) is 19.4 Å². The van der Waals surface area contributed by atoms with Gasteiger partial charge in [0.15, 0.2) is 0 Å². The highest BCUT2D eigenvalue weighted by atomic mass is 16.5. The first kappa shape index (κ1) is 31.8. The summed E-state index contributed by atoms with van der Waals surface area (Å²) in [5.74, 6) is -0.359. The summed E-state index contributed by atoms with van der Waals surface area (Å²) < 4.78 is 22.1. The lowest BCUT2D eigenvalue weighted by molar-refractivity contribution is -0.143. The van der Waals surface area contributed by atoms with Gasteiger partial charge in [-0.05, 0) is 51.7 Å². The summed E-state index contributed by atoms with van der Waals surface area (Å²) in [5.41, 5.74) is 0.978. The second-order valence-electron chi connectivity index (χ2n) is 9.04. The van der Waals surface area contributed by atoms with Crippen LogP contribution < -0.4 is 10.6 Å². The van der Waals surface area contributed by atoms with Crippen LogP contribution in [0.2, 0.25) is 0 Å². The van der Waals surface area contributed by atoms with E-state index in [1.54, 1.807) is 6.92 Å². The van der Waals surface area contributed by atoms with Crippen LogP contribution in [0.5, 0.6) is 0 Å². The molecule has 1 rings (SSSR count). The summed E-state index contributed by atoms with van der Waals surface area (Å²) in [6.07, 6.45) is 12.0. The topological polar surface area (TPSA) is 115 Å². The maximum absolute atomic E-state index is 12.2. The van der Waals surface area contributed by atoms with E-state index in [4.69, 9.17) is 18.9 Å². The highest BCUT2D eigenvalue weighted by Gasteiger charge is 2.22. The Balaban J connectivity index is 2.04. The zero-order valence-electron chi connectivity index (χ0n) is 22.1. The smallest absolute Gasteiger partial charge is 0.326 e. The van der Waals surface area contributed by atoms with E-state index in [-0.39, 0.29) is 25.2 Å². The molecule has 0 radical (unpaired) electrons. The molecule has 0 fully saturated rings. The Bertz CT molecular complexity index is 694. The molecule has 0 aromatic carbocycles. The molecule has 0 saturated heterocycles. The Labute approximate surface area is 216 Å². The zero-order valence-corrected chi connectivity index (χ0v) is 22.1. The Morgan fingerprint density at radius 2 is 1.86 bits per heavy atom. The molecule has 9 nitrogen and oxygen atoms in total. The Morgan fingerprint density at radius 3 is 2.58 bits per heavy atom. The van der Waals surface area contributed by atoms with Crippen molar-refractivity contribution in [2.45, 2.75) is 77.4 Å². The fraction of sp³-hybridized carbons (Fsp3) is 0.704. The molecule has 0 spiro atoms. The van der Waals surface area contributed by atoms with Gasteiger partial charge in [-0.1, -0.05) is 31.1 Å². The zero-order chi connectivity index (χ0) is 26.4. The number of rotatable bonds is 23. The van der Waals surface area contributed by atoms with Gasteiger partial charge in [-0.3, -0.25) is 10.1 Å². The van der Waals surface area contributed by atoms with Crippen molar-refractivity contribution in [3.05, 3.63) is 36.1 Å². The molecule has 0 saturated carbocycles. The molecular formula is C27H46N2O7. The third-order valence-electron chi connectivity index (χ3n) is 5.34. The number of hydrogen-bond acceptors (Lipinski definition) is 7. The van der Waals surface area contributed by atoms with Crippen LogP contribution in [0.25, 0.3) is 0 Å². The van der Waals surface area contributed by atoms with Crippen molar-refractivity contribution in [1.82, 2.24) is 10.6 Å². The quantitative estimate of drug-likeness (QED) is 0.108. The second kappa shape index (κ2) is 20.9. The maximum Gasteiger partial charge on any atom is 0.326 e. The van der Waals surface area contributed by atoms with E-state index in [1.807, 2.05) is 13.0 Å². The van der Waals surface area contributed by atoms with Gasteiger partial charge in [0.1, 0.15) is 11.8 Å². The minimum absolute atomic E-state index is 0.195. The molecule has 3 N–H and O–H groups in total. The molecule has 0 aromatic heterocycles. The lowest BCUT2D eigenvalue weighted by Crippen LogP contribution is -2.43. The summed E-state index contributed by atoms with van der Waals surface area (Å²) in [6.45, 7) is 11.1. The third kappa shape index (κ3) is 18.1. The molecule has 2 unspecified atom stereocenters. The van der Waals surface area contributed by atoms with Crippen LogP contribution in [0, 0.1) is 0 Å². The first-order valence-corrected chi connectivity index (χ1v) is 13.0. The predicted molar refractivity (Wildman–Crippen MR) is 140 cm³/mol. The molecule has 0 aliphatic heterocycles. The van der Waals surface area contributed by atoms with Crippen molar-refractivity contribution in [3.8, 4) is 0 Å². The van der Waals surface area contributed by atoms with Gasteiger partial charge in [0.05, 0.1) is 45.9 Å². The van der Waals surface area contributed by atoms with Gasteiger partial charge >= 0.3 is 5.97 Å². The number of carboxylic acids is 1. The second-order valence-corrected chi connectivity index (χ2v) is 9.04.